The minimum absolute atomic E-state index is 0.000999. The van der Waals surface area contributed by atoms with Crippen LogP contribution >= 0.6 is 11.8 Å². The van der Waals surface area contributed by atoms with E-state index in [-0.39, 0.29) is 94.9 Å². The lowest BCUT2D eigenvalue weighted by atomic mass is 10.0. The minimum Gasteiger partial charge on any atom is -0.370 e. The average Bonchev–Trinajstić information content (AvgIpc) is 3.75. The molecule has 28 heteroatoms. The fourth-order valence-electron chi connectivity index (χ4n) is 6.98. The van der Waals surface area contributed by atoms with Crippen LogP contribution in [0.25, 0.3) is 0 Å². The van der Waals surface area contributed by atoms with Crippen LogP contribution in [0.2, 0.25) is 0 Å². The number of guanidine groups is 3. The number of primary amides is 1. The van der Waals surface area contributed by atoms with E-state index in [0.717, 1.165) is 0 Å². The molecule has 0 aromatic heterocycles. The molecule has 376 valence electrons. The summed E-state index contributed by atoms with van der Waals surface area (Å²) in [6.07, 6.45) is 3.06. The molecule has 67 heavy (non-hydrogen) atoms. The van der Waals surface area contributed by atoms with Crippen molar-refractivity contribution in [2.45, 2.75) is 114 Å². The first-order valence-electron chi connectivity index (χ1n) is 21.9. The molecule has 20 N–H and O–H groups in total. The predicted octanol–water partition coefficient (Wildman–Crippen LogP) is -6.67. The van der Waals surface area contributed by atoms with E-state index in [9.17, 15) is 43.2 Å². The van der Waals surface area contributed by atoms with Crippen LogP contribution in [0.1, 0.15) is 72.1 Å². The van der Waals surface area contributed by atoms with Gasteiger partial charge in [-0.15, -0.1) is 0 Å². The highest BCUT2D eigenvalue weighted by Gasteiger charge is 2.40. The predicted molar refractivity (Wildman–Crippen MR) is 251 cm³/mol. The molecule has 0 radical (unpaired) electrons. The van der Waals surface area contributed by atoms with Gasteiger partial charge in [-0.05, 0) is 69.3 Å². The zero-order valence-corrected chi connectivity index (χ0v) is 39.4. The second kappa shape index (κ2) is 29.1. The Labute approximate surface area is 393 Å². The van der Waals surface area contributed by atoms with Crippen molar-refractivity contribution >= 4 is 82.8 Å². The molecule has 0 bridgehead atoms. The van der Waals surface area contributed by atoms with E-state index in [4.69, 9.17) is 34.4 Å². The number of thioether (sulfide) groups is 1. The van der Waals surface area contributed by atoms with E-state index < -0.39 is 109 Å². The van der Waals surface area contributed by atoms with Gasteiger partial charge in [0.2, 0.25) is 53.2 Å². The van der Waals surface area contributed by atoms with Crippen molar-refractivity contribution in [3.8, 4) is 0 Å². The van der Waals surface area contributed by atoms with Gasteiger partial charge in [-0.3, -0.25) is 58.1 Å². The van der Waals surface area contributed by atoms with Crippen LogP contribution in [0.15, 0.2) is 15.0 Å². The van der Waals surface area contributed by atoms with Gasteiger partial charge in [0.25, 0.3) is 0 Å². The fourth-order valence-corrected chi connectivity index (χ4v) is 7.45. The van der Waals surface area contributed by atoms with E-state index in [0.29, 0.717) is 12.2 Å². The molecule has 0 aromatic carbocycles. The van der Waals surface area contributed by atoms with Gasteiger partial charge < -0.3 is 81.8 Å². The Morgan fingerprint density at radius 3 is 1.91 bits per heavy atom. The monoisotopic (exact) mass is 967 g/mol. The SMILES string of the molecule is CSCC[C@@H]1NC(=O)[C@H](NC(C)=O)CN=C(N)NC[C@@H](C(N)=O)NC(=O)CNC(=O)[C@H](CCCN=C(N)N)NC(=O)[C@H](CC(C)C)NC(=O)[C@H](CCCN=C(N)N)NC(=O)[C@@H]2CCCN2C1=O. The lowest BCUT2D eigenvalue weighted by molar-refractivity contribution is -0.142. The molecule has 2 aliphatic heterocycles. The Hall–Kier alpha value is -6.61. The summed E-state index contributed by atoms with van der Waals surface area (Å²) in [5.41, 5.74) is 33.5. The molecule has 2 rings (SSSR count). The molecule has 0 aromatic rings. The van der Waals surface area contributed by atoms with Crippen molar-refractivity contribution in [3.63, 3.8) is 0 Å². The summed E-state index contributed by atoms with van der Waals surface area (Å²) in [6, 6.07) is -8.73. The largest absolute Gasteiger partial charge is 0.370 e. The number of carbonyl (C=O) groups is 9. The van der Waals surface area contributed by atoms with Crippen LogP contribution in [0.5, 0.6) is 0 Å². The van der Waals surface area contributed by atoms with Crippen LogP contribution in [0.4, 0.5) is 0 Å². The zero-order valence-electron chi connectivity index (χ0n) is 38.6. The van der Waals surface area contributed by atoms with E-state index >= 15 is 0 Å². The van der Waals surface area contributed by atoms with E-state index in [1.165, 1.54) is 23.6 Å². The van der Waals surface area contributed by atoms with Gasteiger partial charge in [0, 0.05) is 33.1 Å². The molecular formula is C39H70N18O9S. The van der Waals surface area contributed by atoms with Crippen LogP contribution in [-0.2, 0) is 43.2 Å². The van der Waals surface area contributed by atoms with Crippen LogP contribution < -0.4 is 76.9 Å². The van der Waals surface area contributed by atoms with Gasteiger partial charge >= 0.3 is 0 Å². The number of carbonyl (C=O) groups excluding carboxylic acids is 9. The van der Waals surface area contributed by atoms with Crippen LogP contribution in [0.3, 0.4) is 0 Å². The van der Waals surface area contributed by atoms with E-state index in [1.54, 1.807) is 13.8 Å². The zero-order chi connectivity index (χ0) is 50.2. The van der Waals surface area contributed by atoms with Crippen molar-refractivity contribution in [2.24, 2.45) is 55.3 Å². The Kier molecular flexibility index (Phi) is 24.6. The van der Waals surface area contributed by atoms with Gasteiger partial charge in [0.15, 0.2) is 17.9 Å². The van der Waals surface area contributed by atoms with Crippen molar-refractivity contribution < 1.29 is 43.2 Å². The minimum atomic E-state index is -1.39. The molecule has 1 saturated heterocycles. The van der Waals surface area contributed by atoms with Gasteiger partial charge in [-0.1, -0.05) is 13.8 Å². The van der Waals surface area contributed by atoms with Crippen molar-refractivity contribution in [2.75, 3.05) is 51.3 Å². The average molecular weight is 967 g/mol. The Balaban J connectivity index is 2.66. The third kappa shape index (κ3) is 21.1. The molecule has 0 spiro atoms. The van der Waals surface area contributed by atoms with Crippen molar-refractivity contribution in [1.82, 2.24) is 47.4 Å². The molecule has 27 nitrogen and oxygen atoms in total. The topological polar surface area (TPSA) is 446 Å². The van der Waals surface area contributed by atoms with Crippen LogP contribution in [-0.4, -0.2) is 170 Å². The molecule has 7 atom stereocenters. The highest BCUT2D eigenvalue weighted by Crippen LogP contribution is 2.21. The summed E-state index contributed by atoms with van der Waals surface area (Å²) < 4.78 is 0. The van der Waals surface area contributed by atoms with Gasteiger partial charge in [-0.2, -0.15) is 11.8 Å². The van der Waals surface area contributed by atoms with Crippen molar-refractivity contribution in [1.29, 1.82) is 0 Å². The third-order valence-electron chi connectivity index (χ3n) is 10.3. The number of fused-ring (bicyclic) bond motifs is 1. The lowest BCUT2D eigenvalue weighted by Crippen LogP contribution is -2.59. The van der Waals surface area contributed by atoms with E-state index in [1.807, 2.05) is 6.26 Å². The molecule has 0 saturated carbocycles. The maximum absolute atomic E-state index is 14.3. The van der Waals surface area contributed by atoms with Gasteiger partial charge in [0.05, 0.1) is 13.1 Å². The summed E-state index contributed by atoms with van der Waals surface area (Å²) in [6.45, 7) is 3.61. The normalized spacial score (nSPS) is 24.4. The Bertz CT molecular complexity index is 1840. The first-order valence-corrected chi connectivity index (χ1v) is 23.3. The second-order valence-electron chi connectivity index (χ2n) is 16.3. The molecule has 0 aliphatic carbocycles. The molecule has 2 heterocycles. The first kappa shape index (κ1) is 56.5. The maximum Gasteiger partial charge on any atom is 0.245 e. The van der Waals surface area contributed by atoms with Crippen LogP contribution in [0, 0.1) is 5.92 Å². The standard InChI is InChI=1S/C39H70N18O9S/c1-20(2)16-25-33(63)53-22(8-5-12-46-37(41)42)31(61)48-19-29(59)52-26(30(40)60)17-49-39(45)50-18-27(51-21(3)58)34(64)55-24(11-15-67-4)36(66)57-14-7-10-28(57)35(65)54-23(32(62)56-25)9-6-13-47-38(43)44/h20,22-28H,5-19H2,1-4H3,(H2,40,60)(H,48,61)(H,51,58)(H,52,59)(H,53,63)(H,54,65)(H,55,64)(H,56,62)(H4,41,42,46)(H4,43,44,47)(H3,45,49,50)/t22-,23-,24-,25-,26-,27+,28-/m0/s1. The molecule has 0 unspecified atom stereocenters. The highest BCUT2D eigenvalue weighted by molar-refractivity contribution is 7.98. The Morgan fingerprint density at radius 1 is 0.776 bits per heavy atom. The second-order valence-corrected chi connectivity index (χ2v) is 17.3. The Morgan fingerprint density at radius 2 is 1.34 bits per heavy atom. The summed E-state index contributed by atoms with van der Waals surface area (Å²) in [4.78, 5) is 135. The number of nitrogens with two attached hydrogens (primary N) is 6. The number of nitrogens with zero attached hydrogens (tertiary/aromatic N) is 4. The summed E-state index contributed by atoms with van der Waals surface area (Å²) in [5, 5.41) is 20.7. The first-order chi connectivity index (χ1) is 31.6. The number of amides is 9. The maximum atomic E-state index is 14.3. The number of nitrogens with one attached hydrogen (secondary N) is 8. The summed E-state index contributed by atoms with van der Waals surface area (Å²) >= 11 is 1.41. The fraction of sp³-hybridized carbons (Fsp3) is 0.692. The third-order valence-corrected chi connectivity index (χ3v) is 10.9. The summed E-state index contributed by atoms with van der Waals surface area (Å²) in [5.74, 6) is -7.26. The number of hydrogen-bond donors (Lipinski definition) is 14. The molecule has 2 aliphatic rings. The van der Waals surface area contributed by atoms with E-state index in [2.05, 4.69) is 57.5 Å². The number of hydrogen-bond acceptors (Lipinski definition) is 15. The highest BCUT2D eigenvalue weighted by atomic mass is 32.2. The smallest absolute Gasteiger partial charge is 0.245 e. The van der Waals surface area contributed by atoms with Crippen molar-refractivity contribution in [3.05, 3.63) is 0 Å². The number of aliphatic imine (C=N–C) groups is 3. The molecule has 9 amide bonds. The van der Waals surface area contributed by atoms with Gasteiger partial charge in [-0.25, -0.2) is 0 Å². The van der Waals surface area contributed by atoms with Gasteiger partial charge in [0.1, 0.15) is 42.3 Å². The number of rotatable bonds is 15. The summed E-state index contributed by atoms with van der Waals surface area (Å²) in [7, 11) is 0. The molecule has 1 fully saturated rings. The lowest BCUT2D eigenvalue weighted by Gasteiger charge is -2.31. The quantitative estimate of drug-likeness (QED) is 0.0412. The molecular weight excluding hydrogens is 897 g/mol.